The van der Waals surface area contributed by atoms with Crippen LogP contribution in [-0.2, 0) is 17.9 Å². The zero-order valence-electron chi connectivity index (χ0n) is 17.8. The lowest BCUT2D eigenvalue weighted by Crippen LogP contribution is -2.27. The number of hydrogen-bond donors (Lipinski definition) is 0. The SMILES string of the molecule is Cc1ccc(CN2C(=O)S/C(=C\c3cccc(OCc4ccccc4[N+](=O)[O-])c3)C2=O)cc1. The monoisotopic (exact) mass is 460 g/mol. The maximum atomic E-state index is 12.8. The maximum Gasteiger partial charge on any atom is 0.293 e. The highest BCUT2D eigenvalue weighted by atomic mass is 32.2. The van der Waals surface area contributed by atoms with Gasteiger partial charge in [0.15, 0.2) is 0 Å². The average Bonchev–Trinajstić information content (AvgIpc) is 3.06. The van der Waals surface area contributed by atoms with Crippen LogP contribution in [-0.4, -0.2) is 21.0 Å². The summed E-state index contributed by atoms with van der Waals surface area (Å²) in [5.41, 5.74) is 3.14. The number of rotatable bonds is 7. The Labute approximate surface area is 194 Å². The lowest BCUT2D eigenvalue weighted by molar-refractivity contribution is -0.385. The van der Waals surface area contributed by atoms with Gasteiger partial charge < -0.3 is 4.74 Å². The van der Waals surface area contributed by atoms with Crippen LogP contribution >= 0.6 is 11.8 Å². The third-order valence-corrected chi connectivity index (χ3v) is 5.98. The summed E-state index contributed by atoms with van der Waals surface area (Å²) in [6, 6.07) is 21.1. The molecule has 0 aromatic heterocycles. The number of thioether (sulfide) groups is 1. The summed E-state index contributed by atoms with van der Waals surface area (Å²) in [6.45, 7) is 2.24. The molecule has 3 aromatic rings. The highest BCUT2D eigenvalue weighted by Crippen LogP contribution is 2.34. The summed E-state index contributed by atoms with van der Waals surface area (Å²) in [5.74, 6) is 0.164. The van der Waals surface area contributed by atoms with Crippen LogP contribution in [0.25, 0.3) is 6.08 Å². The highest BCUT2D eigenvalue weighted by Gasteiger charge is 2.34. The van der Waals surface area contributed by atoms with Gasteiger partial charge in [-0.25, -0.2) is 0 Å². The second kappa shape index (κ2) is 9.70. The van der Waals surface area contributed by atoms with Gasteiger partial charge >= 0.3 is 0 Å². The van der Waals surface area contributed by atoms with Gasteiger partial charge in [-0.2, -0.15) is 0 Å². The molecule has 166 valence electrons. The number of ether oxygens (including phenoxy) is 1. The standard InChI is InChI=1S/C25H20N2O5S/c1-17-9-11-18(12-10-17)15-26-24(28)23(33-25(26)29)14-19-5-4-7-21(13-19)32-16-20-6-2-3-8-22(20)27(30)31/h2-14H,15-16H2,1H3/b23-14-. The van der Waals surface area contributed by atoms with Crippen molar-refractivity contribution >= 4 is 34.7 Å². The van der Waals surface area contributed by atoms with Crippen LogP contribution in [0.1, 0.15) is 22.3 Å². The van der Waals surface area contributed by atoms with E-state index in [9.17, 15) is 19.7 Å². The largest absolute Gasteiger partial charge is 0.489 e. The Hall–Kier alpha value is -3.91. The van der Waals surface area contributed by atoms with E-state index in [-0.39, 0.29) is 30.0 Å². The third kappa shape index (κ3) is 5.30. The van der Waals surface area contributed by atoms with Crippen LogP contribution in [0.4, 0.5) is 10.5 Å². The minimum atomic E-state index is -0.443. The Morgan fingerprint density at radius 1 is 1.03 bits per heavy atom. The number of aryl methyl sites for hydroxylation is 1. The van der Waals surface area contributed by atoms with Gasteiger partial charge in [-0.3, -0.25) is 24.6 Å². The molecule has 3 aromatic carbocycles. The van der Waals surface area contributed by atoms with E-state index in [0.29, 0.717) is 21.8 Å². The number of carbonyl (C=O) groups excluding carboxylic acids is 2. The molecule has 1 aliphatic heterocycles. The molecule has 0 radical (unpaired) electrons. The molecular formula is C25H20N2O5S. The van der Waals surface area contributed by atoms with Crippen molar-refractivity contribution in [3.05, 3.63) is 110 Å². The van der Waals surface area contributed by atoms with Gasteiger partial charge in [-0.05, 0) is 54.1 Å². The zero-order valence-corrected chi connectivity index (χ0v) is 18.6. The first-order chi connectivity index (χ1) is 15.9. The highest BCUT2D eigenvalue weighted by molar-refractivity contribution is 8.18. The number of benzene rings is 3. The van der Waals surface area contributed by atoms with Gasteiger partial charge in [0.05, 0.1) is 21.9 Å². The molecule has 0 aliphatic carbocycles. The lowest BCUT2D eigenvalue weighted by atomic mass is 10.1. The van der Waals surface area contributed by atoms with E-state index in [1.54, 1.807) is 48.5 Å². The van der Waals surface area contributed by atoms with E-state index < -0.39 is 4.92 Å². The summed E-state index contributed by atoms with van der Waals surface area (Å²) < 4.78 is 5.74. The number of carbonyl (C=O) groups is 2. The van der Waals surface area contributed by atoms with Crippen molar-refractivity contribution in [2.45, 2.75) is 20.1 Å². The first kappa shape index (κ1) is 22.3. The molecule has 0 unspecified atom stereocenters. The van der Waals surface area contributed by atoms with E-state index in [1.807, 2.05) is 31.2 Å². The summed E-state index contributed by atoms with van der Waals surface area (Å²) in [4.78, 5) is 37.5. The second-order valence-electron chi connectivity index (χ2n) is 7.50. The Balaban J connectivity index is 1.47. The van der Waals surface area contributed by atoms with Crippen molar-refractivity contribution in [3.8, 4) is 5.75 Å². The van der Waals surface area contributed by atoms with Crippen molar-refractivity contribution in [2.75, 3.05) is 0 Å². The number of imide groups is 1. The van der Waals surface area contributed by atoms with E-state index in [0.717, 1.165) is 22.9 Å². The topological polar surface area (TPSA) is 89.8 Å². The molecular weight excluding hydrogens is 440 g/mol. The fourth-order valence-corrected chi connectivity index (χ4v) is 4.17. The van der Waals surface area contributed by atoms with E-state index in [2.05, 4.69) is 0 Å². The smallest absolute Gasteiger partial charge is 0.293 e. The number of amides is 2. The molecule has 1 fully saturated rings. The van der Waals surface area contributed by atoms with Crippen LogP contribution in [0, 0.1) is 17.0 Å². The molecule has 0 atom stereocenters. The number of nitrogens with zero attached hydrogens (tertiary/aromatic N) is 2. The molecule has 1 saturated heterocycles. The van der Waals surface area contributed by atoms with Crippen molar-refractivity contribution in [1.82, 2.24) is 4.90 Å². The van der Waals surface area contributed by atoms with Gasteiger partial charge in [-0.1, -0.05) is 54.1 Å². The van der Waals surface area contributed by atoms with Crippen LogP contribution in [0.15, 0.2) is 77.7 Å². The Kier molecular flexibility index (Phi) is 6.55. The number of para-hydroxylation sites is 1. The number of nitro groups is 1. The van der Waals surface area contributed by atoms with Crippen LogP contribution in [0.2, 0.25) is 0 Å². The molecule has 0 saturated carbocycles. The summed E-state index contributed by atoms with van der Waals surface area (Å²) in [6.07, 6.45) is 1.65. The fraction of sp³-hybridized carbons (Fsp3) is 0.120. The average molecular weight is 461 g/mol. The molecule has 0 bridgehead atoms. The van der Waals surface area contributed by atoms with Crippen LogP contribution in [0.5, 0.6) is 5.75 Å². The van der Waals surface area contributed by atoms with Crippen molar-refractivity contribution < 1.29 is 19.2 Å². The van der Waals surface area contributed by atoms with E-state index >= 15 is 0 Å². The minimum absolute atomic E-state index is 0.00379. The van der Waals surface area contributed by atoms with Crippen LogP contribution in [0.3, 0.4) is 0 Å². The first-order valence-corrected chi connectivity index (χ1v) is 11.0. The Bertz CT molecular complexity index is 1250. The Morgan fingerprint density at radius 2 is 1.79 bits per heavy atom. The Morgan fingerprint density at radius 3 is 2.55 bits per heavy atom. The minimum Gasteiger partial charge on any atom is -0.489 e. The predicted octanol–water partition coefficient (Wildman–Crippen LogP) is 5.72. The molecule has 1 heterocycles. The molecule has 0 N–H and O–H groups in total. The molecule has 0 spiro atoms. The van der Waals surface area contributed by atoms with E-state index in [1.165, 1.54) is 11.0 Å². The fourth-order valence-electron chi connectivity index (χ4n) is 3.33. The number of hydrogen-bond acceptors (Lipinski definition) is 6. The van der Waals surface area contributed by atoms with Gasteiger partial charge in [0.25, 0.3) is 16.8 Å². The maximum absolute atomic E-state index is 12.8. The molecule has 8 heteroatoms. The molecule has 7 nitrogen and oxygen atoms in total. The second-order valence-corrected chi connectivity index (χ2v) is 8.49. The summed E-state index contributed by atoms with van der Waals surface area (Å²) in [5, 5.41) is 10.9. The summed E-state index contributed by atoms with van der Waals surface area (Å²) >= 11 is 0.903. The predicted molar refractivity (Wildman–Crippen MR) is 127 cm³/mol. The van der Waals surface area contributed by atoms with Crippen molar-refractivity contribution in [1.29, 1.82) is 0 Å². The normalized spacial score (nSPS) is 14.7. The van der Waals surface area contributed by atoms with Gasteiger partial charge in [0, 0.05) is 6.07 Å². The lowest BCUT2D eigenvalue weighted by Gasteiger charge is -2.12. The van der Waals surface area contributed by atoms with Crippen LogP contribution < -0.4 is 4.74 Å². The zero-order chi connectivity index (χ0) is 23.4. The quantitative estimate of drug-likeness (QED) is 0.255. The molecule has 4 rings (SSSR count). The third-order valence-electron chi connectivity index (χ3n) is 5.07. The number of nitro benzene ring substituents is 1. The first-order valence-electron chi connectivity index (χ1n) is 10.2. The molecule has 33 heavy (non-hydrogen) atoms. The van der Waals surface area contributed by atoms with Gasteiger partial charge in [0.2, 0.25) is 0 Å². The molecule has 1 aliphatic rings. The van der Waals surface area contributed by atoms with Crippen molar-refractivity contribution in [2.24, 2.45) is 0 Å². The summed E-state index contributed by atoms with van der Waals surface area (Å²) in [7, 11) is 0. The van der Waals surface area contributed by atoms with Gasteiger partial charge in [-0.15, -0.1) is 0 Å². The van der Waals surface area contributed by atoms with Gasteiger partial charge in [0.1, 0.15) is 12.4 Å². The molecule has 2 amide bonds. The van der Waals surface area contributed by atoms with Crippen molar-refractivity contribution in [3.63, 3.8) is 0 Å². The van der Waals surface area contributed by atoms with E-state index in [4.69, 9.17) is 4.74 Å².